The van der Waals surface area contributed by atoms with Gasteiger partial charge in [-0.1, -0.05) is 13.8 Å². The zero-order valence-corrected chi connectivity index (χ0v) is 12.9. The van der Waals surface area contributed by atoms with Crippen LogP contribution < -0.4 is 0 Å². The third-order valence-corrected chi connectivity index (χ3v) is 5.38. The molecule has 20 heavy (non-hydrogen) atoms. The summed E-state index contributed by atoms with van der Waals surface area (Å²) in [7, 11) is -3.75. The van der Waals surface area contributed by atoms with E-state index in [2.05, 4.69) is 0 Å². The highest BCUT2D eigenvalue weighted by atomic mass is 32.2. The van der Waals surface area contributed by atoms with Gasteiger partial charge in [-0.25, -0.2) is 13.2 Å². The van der Waals surface area contributed by atoms with Gasteiger partial charge in [0.05, 0.1) is 11.0 Å². The minimum absolute atomic E-state index is 0.0200. The maximum atomic E-state index is 12.4. The molecule has 0 aliphatic heterocycles. The first-order valence-electron chi connectivity index (χ1n) is 5.98. The Morgan fingerprint density at radius 1 is 1.55 bits per heavy atom. The van der Waals surface area contributed by atoms with Crippen molar-refractivity contribution in [3.63, 3.8) is 0 Å². The van der Waals surface area contributed by atoms with Gasteiger partial charge >= 0.3 is 5.97 Å². The maximum absolute atomic E-state index is 12.4. The standard InChI is InChI=1S/C12H16N2O4S2/c1-9(2)7-14(5-3-4-13)20(17,18)10-6-11(12(15)16)19-8-10/h6,8-9H,3,5,7H2,1-2H3,(H,15,16). The molecule has 110 valence electrons. The van der Waals surface area contributed by atoms with Gasteiger partial charge in [-0.05, 0) is 12.0 Å². The van der Waals surface area contributed by atoms with Gasteiger partial charge in [0.1, 0.15) is 4.88 Å². The Morgan fingerprint density at radius 2 is 2.20 bits per heavy atom. The van der Waals surface area contributed by atoms with Gasteiger partial charge in [-0.15, -0.1) is 11.3 Å². The fourth-order valence-electron chi connectivity index (χ4n) is 1.61. The van der Waals surface area contributed by atoms with Crippen LogP contribution in [0.2, 0.25) is 0 Å². The van der Waals surface area contributed by atoms with Crippen LogP contribution in [0.5, 0.6) is 0 Å². The highest BCUT2D eigenvalue weighted by Gasteiger charge is 2.26. The van der Waals surface area contributed by atoms with Crippen molar-refractivity contribution in [3.05, 3.63) is 16.3 Å². The Balaban J connectivity index is 3.07. The monoisotopic (exact) mass is 316 g/mol. The maximum Gasteiger partial charge on any atom is 0.345 e. The van der Waals surface area contributed by atoms with Crippen LogP contribution in [0.15, 0.2) is 16.3 Å². The second kappa shape index (κ2) is 6.83. The summed E-state index contributed by atoms with van der Waals surface area (Å²) in [6, 6.07) is 3.08. The highest BCUT2D eigenvalue weighted by Crippen LogP contribution is 2.23. The molecular weight excluding hydrogens is 300 g/mol. The summed E-state index contributed by atoms with van der Waals surface area (Å²) in [5.41, 5.74) is 0. The topological polar surface area (TPSA) is 98.5 Å². The number of carboxylic acid groups (broad SMARTS) is 1. The summed E-state index contributed by atoms with van der Waals surface area (Å²) in [5.74, 6) is -1.04. The molecule has 1 aromatic rings. The molecule has 0 aromatic carbocycles. The Labute approximate surface area is 122 Å². The first kappa shape index (κ1) is 16.6. The van der Waals surface area contributed by atoms with E-state index < -0.39 is 16.0 Å². The molecule has 0 aliphatic carbocycles. The Kier molecular flexibility index (Phi) is 5.68. The molecule has 0 radical (unpaired) electrons. The van der Waals surface area contributed by atoms with Crippen LogP contribution in [-0.4, -0.2) is 36.9 Å². The lowest BCUT2D eigenvalue weighted by Gasteiger charge is -2.22. The molecule has 0 unspecified atom stereocenters. The van der Waals surface area contributed by atoms with Crippen molar-refractivity contribution in [3.8, 4) is 6.07 Å². The van der Waals surface area contributed by atoms with Crippen LogP contribution in [0.1, 0.15) is 29.9 Å². The van der Waals surface area contributed by atoms with Crippen LogP contribution >= 0.6 is 11.3 Å². The third kappa shape index (κ3) is 4.03. The van der Waals surface area contributed by atoms with Crippen molar-refractivity contribution >= 4 is 27.3 Å². The van der Waals surface area contributed by atoms with E-state index in [0.717, 1.165) is 17.4 Å². The van der Waals surface area contributed by atoms with Crippen molar-refractivity contribution in [2.45, 2.75) is 25.2 Å². The number of rotatable bonds is 7. The van der Waals surface area contributed by atoms with Crippen LogP contribution in [0.3, 0.4) is 0 Å². The number of carboxylic acids is 1. The Hall–Kier alpha value is -1.43. The Morgan fingerprint density at radius 3 is 2.65 bits per heavy atom. The summed E-state index contributed by atoms with van der Waals surface area (Å²) < 4.78 is 26.1. The van der Waals surface area contributed by atoms with Crippen molar-refractivity contribution in [1.29, 1.82) is 5.26 Å². The van der Waals surface area contributed by atoms with Crippen molar-refractivity contribution < 1.29 is 18.3 Å². The minimum atomic E-state index is -3.75. The minimum Gasteiger partial charge on any atom is -0.477 e. The fourth-order valence-corrected chi connectivity index (χ4v) is 4.31. The zero-order valence-electron chi connectivity index (χ0n) is 11.2. The van der Waals surface area contributed by atoms with Crippen LogP contribution in [-0.2, 0) is 10.0 Å². The predicted molar refractivity (Wildman–Crippen MR) is 75.1 cm³/mol. The number of aromatic carboxylic acids is 1. The molecule has 1 aromatic heterocycles. The molecule has 8 heteroatoms. The van der Waals surface area contributed by atoms with Gasteiger partial charge in [0.15, 0.2) is 0 Å². The van der Waals surface area contributed by atoms with Crippen LogP contribution in [0, 0.1) is 17.2 Å². The van der Waals surface area contributed by atoms with Gasteiger partial charge in [-0.3, -0.25) is 0 Å². The van der Waals surface area contributed by atoms with Gasteiger partial charge in [0.2, 0.25) is 10.0 Å². The third-order valence-electron chi connectivity index (χ3n) is 2.47. The van der Waals surface area contributed by atoms with Crippen LogP contribution in [0.25, 0.3) is 0 Å². The largest absolute Gasteiger partial charge is 0.477 e. The van der Waals surface area contributed by atoms with E-state index >= 15 is 0 Å². The first-order chi connectivity index (χ1) is 9.28. The highest BCUT2D eigenvalue weighted by molar-refractivity contribution is 7.89. The summed E-state index contributed by atoms with van der Waals surface area (Å²) >= 11 is 0.874. The van der Waals surface area contributed by atoms with E-state index in [9.17, 15) is 13.2 Å². The number of nitriles is 1. The molecular formula is C12H16N2O4S2. The SMILES string of the molecule is CC(C)CN(CCC#N)S(=O)(=O)c1csc(C(=O)O)c1. The summed E-state index contributed by atoms with van der Waals surface area (Å²) in [6.07, 6.45) is 0.0991. The van der Waals surface area contributed by atoms with Crippen LogP contribution in [0.4, 0.5) is 0 Å². The quantitative estimate of drug-likeness (QED) is 0.829. The molecule has 0 saturated heterocycles. The molecule has 6 nitrogen and oxygen atoms in total. The van der Waals surface area contributed by atoms with E-state index in [0.29, 0.717) is 6.54 Å². The van der Waals surface area contributed by atoms with E-state index in [1.165, 1.54) is 9.69 Å². The van der Waals surface area contributed by atoms with E-state index in [1.54, 1.807) is 0 Å². The van der Waals surface area contributed by atoms with Gasteiger partial charge in [0, 0.05) is 24.9 Å². The number of hydrogen-bond donors (Lipinski definition) is 1. The number of hydrogen-bond acceptors (Lipinski definition) is 5. The summed E-state index contributed by atoms with van der Waals surface area (Å²) in [4.78, 5) is 10.8. The smallest absolute Gasteiger partial charge is 0.345 e. The first-order valence-corrected chi connectivity index (χ1v) is 8.30. The molecule has 0 fully saturated rings. The fraction of sp³-hybridized carbons (Fsp3) is 0.500. The second-order valence-corrected chi connectivity index (χ2v) is 7.47. The van der Waals surface area contributed by atoms with E-state index in [1.807, 2.05) is 19.9 Å². The molecule has 1 heterocycles. The molecule has 0 aliphatic rings. The lowest BCUT2D eigenvalue weighted by Crippen LogP contribution is -2.34. The average Bonchev–Trinajstić information content (AvgIpc) is 2.84. The summed E-state index contributed by atoms with van der Waals surface area (Å²) in [5, 5.41) is 18.8. The molecule has 0 atom stereocenters. The number of sulfonamides is 1. The number of nitrogens with zero attached hydrogens (tertiary/aromatic N) is 2. The second-order valence-electron chi connectivity index (χ2n) is 4.62. The average molecular weight is 316 g/mol. The molecule has 1 rings (SSSR count). The molecule has 0 bridgehead atoms. The molecule has 0 saturated carbocycles. The van der Waals surface area contributed by atoms with Gasteiger partial charge < -0.3 is 5.11 Å². The van der Waals surface area contributed by atoms with Crippen molar-refractivity contribution in [2.24, 2.45) is 5.92 Å². The molecule has 0 amide bonds. The lowest BCUT2D eigenvalue weighted by atomic mass is 10.2. The van der Waals surface area contributed by atoms with E-state index in [-0.39, 0.29) is 28.7 Å². The Bertz CT molecular complexity index is 614. The van der Waals surface area contributed by atoms with Gasteiger partial charge in [-0.2, -0.15) is 9.57 Å². The zero-order chi connectivity index (χ0) is 15.3. The predicted octanol–water partition coefficient (Wildman–Crippen LogP) is 2.01. The van der Waals surface area contributed by atoms with Crippen molar-refractivity contribution in [2.75, 3.05) is 13.1 Å². The summed E-state index contributed by atoms with van der Waals surface area (Å²) in [6.45, 7) is 4.16. The number of carbonyl (C=O) groups is 1. The van der Waals surface area contributed by atoms with Crippen molar-refractivity contribution in [1.82, 2.24) is 4.31 Å². The molecule has 1 N–H and O–H groups in total. The van der Waals surface area contributed by atoms with Gasteiger partial charge in [0.25, 0.3) is 0 Å². The lowest BCUT2D eigenvalue weighted by molar-refractivity contribution is 0.0702. The number of thiophene rings is 1. The van der Waals surface area contributed by atoms with E-state index in [4.69, 9.17) is 10.4 Å². The molecule has 0 spiro atoms. The normalized spacial score (nSPS) is 11.8.